The van der Waals surface area contributed by atoms with Gasteiger partial charge in [-0.05, 0) is 31.2 Å². The van der Waals surface area contributed by atoms with Gasteiger partial charge in [0.1, 0.15) is 17.0 Å². The second-order valence-corrected chi connectivity index (χ2v) is 4.53. The van der Waals surface area contributed by atoms with E-state index in [1.807, 2.05) is 54.0 Å². The molecular weight excluding hydrogens is 266 g/mol. The van der Waals surface area contributed by atoms with Crippen molar-refractivity contribution in [3.63, 3.8) is 0 Å². The van der Waals surface area contributed by atoms with E-state index in [2.05, 4.69) is 4.98 Å². The Labute approximate surface area is 122 Å². The Kier molecular flexibility index (Phi) is 3.39. The van der Waals surface area contributed by atoms with Crippen molar-refractivity contribution in [1.29, 1.82) is 0 Å². The molecule has 108 valence electrons. The van der Waals surface area contributed by atoms with Crippen LogP contribution in [0.5, 0.6) is 11.5 Å². The summed E-state index contributed by atoms with van der Waals surface area (Å²) in [4.78, 5) is 4.42. The Bertz CT molecular complexity index is 780. The molecule has 21 heavy (non-hydrogen) atoms. The summed E-state index contributed by atoms with van der Waals surface area (Å²) in [5, 5.41) is 0. The molecular formula is C16H17N3O2. The lowest BCUT2D eigenvalue weighted by atomic mass is 10.2. The third-order valence-corrected chi connectivity index (χ3v) is 3.30. The minimum Gasteiger partial charge on any atom is -0.494 e. The van der Waals surface area contributed by atoms with Crippen LogP contribution in [0.3, 0.4) is 0 Å². The van der Waals surface area contributed by atoms with Gasteiger partial charge in [-0.15, -0.1) is 0 Å². The molecule has 0 fully saturated rings. The van der Waals surface area contributed by atoms with Crippen molar-refractivity contribution in [2.45, 2.75) is 6.92 Å². The summed E-state index contributed by atoms with van der Waals surface area (Å²) >= 11 is 0. The van der Waals surface area contributed by atoms with Crippen molar-refractivity contribution < 1.29 is 9.47 Å². The average Bonchev–Trinajstić information content (AvgIpc) is 2.84. The number of hydrogen-bond donors (Lipinski definition) is 1. The normalized spacial score (nSPS) is 10.8. The first-order chi connectivity index (χ1) is 10.3. The zero-order valence-electron chi connectivity index (χ0n) is 12.0. The first-order valence-corrected chi connectivity index (χ1v) is 6.79. The fourth-order valence-corrected chi connectivity index (χ4v) is 2.43. The third kappa shape index (κ3) is 2.16. The Morgan fingerprint density at radius 1 is 1.10 bits per heavy atom. The third-order valence-electron chi connectivity index (χ3n) is 3.30. The summed E-state index contributed by atoms with van der Waals surface area (Å²) in [6.07, 6.45) is 0. The number of nitrogen functional groups attached to an aromatic ring is 1. The fraction of sp³-hybridized carbons (Fsp3) is 0.188. The number of nitrogens with two attached hydrogens (primary N) is 1. The van der Waals surface area contributed by atoms with Gasteiger partial charge in [-0.25, -0.2) is 4.98 Å². The summed E-state index contributed by atoms with van der Waals surface area (Å²) < 4.78 is 12.9. The van der Waals surface area contributed by atoms with E-state index in [9.17, 15) is 0 Å². The van der Waals surface area contributed by atoms with E-state index in [4.69, 9.17) is 15.2 Å². The van der Waals surface area contributed by atoms with Crippen LogP contribution in [-0.4, -0.2) is 23.3 Å². The molecule has 3 rings (SSSR count). The van der Waals surface area contributed by atoms with Crippen LogP contribution in [0.4, 0.5) is 5.95 Å². The van der Waals surface area contributed by atoms with E-state index >= 15 is 0 Å². The molecule has 0 aliphatic carbocycles. The van der Waals surface area contributed by atoms with Crippen LogP contribution in [0.25, 0.3) is 16.7 Å². The van der Waals surface area contributed by atoms with Crippen LogP contribution < -0.4 is 15.2 Å². The molecule has 0 saturated carbocycles. The molecule has 0 aliphatic rings. The molecule has 2 N–H and O–H groups in total. The van der Waals surface area contributed by atoms with Crippen molar-refractivity contribution >= 4 is 17.0 Å². The van der Waals surface area contributed by atoms with Crippen LogP contribution in [0.1, 0.15) is 6.92 Å². The van der Waals surface area contributed by atoms with Gasteiger partial charge >= 0.3 is 0 Å². The number of fused-ring (bicyclic) bond motifs is 1. The number of aromatic nitrogens is 2. The van der Waals surface area contributed by atoms with E-state index in [0.717, 1.165) is 22.5 Å². The summed E-state index contributed by atoms with van der Waals surface area (Å²) in [7, 11) is 1.62. The van der Waals surface area contributed by atoms with Gasteiger partial charge in [-0.2, -0.15) is 0 Å². The molecule has 0 aliphatic heterocycles. The molecule has 0 radical (unpaired) electrons. The maximum atomic E-state index is 6.11. The van der Waals surface area contributed by atoms with Crippen molar-refractivity contribution in [1.82, 2.24) is 9.55 Å². The monoisotopic (exact) mass is 283 g/mol. The number of para-hydroxylation sites is 3. The SMILES string of the molecule is CCOc1ccccc1-n1c(N)nc2c(OC)cccc21. The van der Waals surface area contributed by atoms with Crippen molar-refractivity contribution in [3.05, 3.63) is 42.5 Å². The second kappa shape index (κ2) is 5.36. The summed E-state index contributed by atoms with van der Waals surface area (Å²) in [6.45, 7) is 2.54. The molecule has 0 amide bonds. The zero-order valence-corrected chi connectivity index (χ0v) is 12.0. The number of nitrogens with zero attached hydrogens (tertiary/aromatic N) is 2. The van der Waals surface area contributed by atoms with Crippen LogP contribution in [0.15, 0.2) is 42.5 Å². The molecule has 0 atom stereocenters. The van der Waals surface area contributed by atoms with E-state index < -0.39 is 0 Å². The predicted molar refractivity (Wildman–Crippen MR) is 83.2 cm³/mol. The van der Waals surface area contributed by atoms with Crippen LogP contribution >= 0.6 is 0 Å². The second-order valence-electron chi connectivity index (χ2n) is 4.53. The molecule has 0 spiro atoms. The van der Waals surface area contributed by atoms with Crippen molar-refractivity contribution in [3.8, 4) is 17.2 Å². The van der Waals surface area contributed by atoms with Crippen molar-refractivity contribution in [2.75, 3.05) is 19.5 Å². The highest BCUT2D eigenvalue weighted by Crippen LogP contribution is 2.32. The number of methoxy groups -OCH3 is 1. The van der Waals surface area contributed by atoms with Gasteiger partial charge in [-0.3, -0.25) is 4.57 Å². The van der Waals surface area contributed by atoms with Gasteiger partial charge in [-0.1, -0.05) is 18.2 Å². The Morgan fingerprint density at radius 2 is 1.86 bits per heavy atom. The molecule has 1 aromatic heterocycles. The van der Waals surface area contributed by atoms with E-state index in [0.29, 0.717) is 18.3 Å². The molecule has 5 nitrogen and oxygen atoms in total. The molecule has 1 heterocycles. The summed E-state index contributed by atoms with van der Waals surface area (Å²) in [5.74, 6) is 1.88. The highest BCUT2D eigenvalue weighted by Gasteiger charge is 2.16. The van der Waals surface area contributed by atoms with E-state index in [1.54, 1.807) is 7.11 Å². The van der Waals surface area contributed by atoms with Gasteiger partial charge in [0.05, 0.1) is 24.9 Å². The number of hydrogen-bond acceptors (Lipinski definition) is 4. The van der Waals surface area contributed by atoms with Gasteiger partial charge in [0.15, 0.2) is 0 Å². The molecule has 5 heteroatoms. The zero-order chi connectivity index (χ0) is 14.8. The van der Waals surface area contributed by atoms with Gasteiger partial charge < -0.3 is 15.2 Å². The minimum atomic E-state index is 0.404. The minimum absolute atomic E-state index is 0.404. The number of ether oxygens (including phenoxy) is 2. The number of rotatable bonds is 4. The standard InChI is InChI=1S/C16H17N3O2/c1-3-21-13-9-5-4-7-11(13)19-12-8-6-10-14(20-2)15(12)18-16(19)17/h4-10H,3H2,1-2H3,(H2,17,18). The lowest BCUT2D eigenvalue weighted by molar-refractivity contribution is 0.339. The molecule has 3 aromatic rings. The number of imidazole rings is 1. The topological polar surface area (TPSA) is 62.3 Å². The fourth-order valence-electron chi connectivity index (χ4n) is 2.43. The Balaban J connectivity index is 2.28. The lowest BCUT2D eigenvalue weighted by Gasteiger charge is -2.12. The highest BCUT2D eigenvalue weighted by molar-refractivity contribution is 5.86. The first kappa shape index (κ1) is 13.3. The summed E-state index contributed by atoms with van der Waals surface area (Å²) in [6, 6.07) is 13.5. The molecule has 0 bridgehead atoms. The molecule has 2 aromatic carbocycles. The Morgan fingerprint density at radius 3 is 2.62 bits per heavy atom. The average molecular weight is 283 g/mol. The summed E-state index contributed by atoms with van der Waals surface area (Å²) in [5.41, 5.74) is 8.61. The predicted octanol–water partition coefficient (Wildman–Crippen LogP) is 3.02. The maximum Gasteiger partial charge on any atom is 0.206 e. The van der Waals surface area contributed by atoms with Gasteiger partial charge in [0, 0.05) is 0 Å². The van der Waals surface area contributed by atoms with Crippen LogP contribution in [0, 0.1) is 0 Å². The van der Waals surface area contributed by atoms with Crippen molar-refractivity contribution in [2.24, 2.45) is 0 Å². The quantitative estimate of drug-likeness (QED) is 0.799. The Hall–Kier alpha value is -2.69. The van der Waals surface area contributed by atoms with Crippen LogP contribution in [0.2, 0.25) is 0 Å². The van der Waals surface area contributed by atoms with Crippen LogP contribution in [-0.2, 0) is 0 Å². The maximum absolute atomic E-state index is 6.11. The lowest BCUT2D eigenvalue weighted by Crippen LogP contribution is -2.04. The van der Waals surface area contributed by atoms with E-state index in [1.165, 1.54) is 0 Å². The van der Waals surface area contributed by atoms with Gasteiger partial charge in [0.25, 0.3) is 0 Å². The highest BCUT2D eigenvalue weighted by atomic mass is 16.5. The van der Waals surface area contributed by atoms with E-state index in [-0.39, 0.29) is 0 Å². The number of benzene rings is 2. The smallest absolute Gasteiger partial charge is 0.206 e. The van der Waals surface area contributed by atoms with Gasteiger partial charge in [0.2, 0.25) is 5.95 Å². The molecule has 0 saturated heterocycles. The number of anilines is 1. The molecule has 0 unspecified atom stereocenters. The first-order valence-electron chi connectivity index (χ1n) is 6.79. The largest absolute Gasteiger partial charge is 0.494 e.